The minimum atomic E-state index is -0.456. The molecule has 5 heteroatoms. The molecule has 0 radical (unpaired) electrons. The third-order valence-electron chi connectivity index (χ3n) is 2.94. The first-order valence-corrected chi connectivity index (χ1v) is 6.91. The van der Waals surface area contributed by atoms with Crippen LogP contribution >= 0.6 is 15.9 Å². The van der Waals surface area contributed by atoms with Gasteiger partial charge >= 0.3 is 0 Å². The zero-order valence-corrected chi connectivity index (χ0v) is 12.9. The summed E-state index contributed by atoms with van der Waals surface area (Å²) in [6.07, 6.45) is 0.460. The summed E-state index contributed by atoms with van der Waals surface area (Å²) >= 11 is 3.23. The van der Waals surface area contributed by atoms with E-state index in [0.717, 1.165) is 0 Å². The van der Waals surface area contributed by atoms with Crippen molar-refractivity contribution in [2.24, 2.45) is 5.41 Å². The molecule has 0 aliphatic heterocycles. The lowest BCUT2D eigenvalue weighted by Gasteiger charge is -2.31. The Kier molecular flexibility index (Phi) is 5.50. The summed E-state index contributed by atoms with van der Waals surface area (Å²) in [6.45, 7) is 5.93. The van der Waals surface area contributed by atoms with Crippen LogP contribution in [0, 0.1) is 11.2 Å². The van der Waals surface area contributed by atoms with Gasteiger partial charge in [-0.15, -0.1) is 0 Å². The minimum Gasteiger partial charge on any atom is -0.396 e. The second-order valence-corrected chi connectivity index (χ2v) is 6.38. The number of carbonyl (C=O) groups excluding carboxylic acids is 1. The Morgan fingerprint density at radius 1 is 1.47 bits per heavy atom. The van der Waals surface area contributed by atoms with Crippen molar-refractivity contribution in [3.05, 3.63) is 34.1 Å². The third-order valence-corrected chi connectivity index (χ3v) is 3.63. The predicted octanol–water partition coefficient (Wildman–Crippen LogP) is 3.12. The number of aliphatic hydroxyl groups is 1. The second-order valence-electron chi connectivity index (χ2n) is 5.53. The molecule has 1 atom stereocenters. The maximum absolute atomic E-state index is 13.2. The highest BCUT2D eigenvalue weighted by Gasteiger charge is 2.26. The van der Waals surface area contributed by atoms with E-state index < -0.39 is 5.82 Å². The van der Waals surface area contributed by atoms with E-state index in [1.54, 1.807) is 0 Å². The van der Waals surface area contributed by atoms with Gasteiger partial charge in [-0.05, 0) is 46.0 Å². The monoisotopic (exact) mass is 331 g/mol. The molecule has 0 aliphatic carbocycles. The fourth-order valence-corrected chi connectivity index (χ4v) is 2.18. The lowest BCUT2D eigenvalue weighted by atomic mass is 9.85. The molecular weight excluding hydrogens is 313 g/mol. The largest absolute Gasteiger partial charge is 0.396 e. The summed E-state index contributed by atoms with van der Waals surface area (Å²) in [4.78, 5) is 12.2. The quantitative estimate of drug-likeness (QED) is 0.890. The Morgan fingerprint density at radius 2 is 2.11 bits per heavy atom. The standard InChI is InChI=1S/C14H19BrFNO2/c1-14(2,3)12(6-7-18)17-13(19)10-8-9(16)4-5-11(10)15/h4-5,8,12,18H,6-7H2,1-3H3,(H,17,19). The van der Waals surface area contributed by atoms with Gasteiger partial charge in [0.15, 0.2) is 0 Å². The molecule has 0 fully saturated rings. The van der Waals surface area contributed by atoms with Crippen molar-refractivity contribution in [3.8, 4) is 0 Å². The van der Waals surface area contributed by atoms with Crippen molar-refractivity contribution in [1.82, 2.24) is 5.32 Å². The Bertz CT molecular complexity index is 457. The molecule has 106 valence electrons. The fraction of sp³-hybridized carbons (Fsp3) is 0.500. The Balaban J connectivity index is 2.91. The molecule has 1 amide bonds. The molecule has 1 aromatic rings. The lowest BCUT2D eigenvalue weighted by molar-refractivity contribution is 0.0884. The van der Waals surface area contributed by atoms with Gasteiger partial charge < -0.3 is 10.4 Å². The topological polar surface area (TPSA) is 49.3 Å². The van der Waals surface area contributed by atoms with Gasteiger partial charge in [-0.25, -0.2) is 4.39 Å². The van der Waals surface area contributed by atoms with E-state index in [1.807, 2.05) is 20.8 Å². The van der Waals surface area contributed by atoms with Crippen LogP contribution in [0.3, 0.4) is 0 Å². The van der Waals surface area contributed by atoms with Gasteiger partial charge in [-0.3, -0.25) is 4.79 Å². The number of carbonyl (C=O) groups is 1. The summed E-state index contributed by atoms with van der Waals surface area (Å²) in [5, 5.41) is 11.9. The maximum Gasteiger partial charge on any atom is 0.252 e. The molecule has 0 spiro atoms. The SMILES string of the molecule is CC(C)(C)C(CCO)NC(=O)c1cc(F)ccc1Br. The van der Waals surface area contributed by atoms with Crippen LogP contribution in [-0.4, -0.2) is 23.7 Å². The Hall–Kier alpha value is -0.940. The number of halogens is 2. The minimum absolute atomic E-state index is 0.00740. The second kappa shape index (κ2) is 6.48. The molecule has 0 heterocycles. The van der Waals surface area contributed by atoms with Gasteiger partial charge in [0.05, 0.1) is 5.56 Å². The highest BCUT2D eigenvalue weighted by Crippen LogP contribution is 2.23. The molecule has 1 rings (SSSR count). The zero-order chi connectivity index (χ0) is 14.6. The molecule has 0 aliphatic rings. The smallest absolute Gasteiger partial charge is 0.252 e. The first kappa shape index (κ1) is 16.1. The van der Waals surface area contributed by atoms with Gasteiger partial charge in [0.2, 0.25) is 0 Å². The lowest BCUT2D eigenvalue weighted by Crippen LogP contribution is -2.44. The van der Waals surface area contributed by atoms with Crippen molar-refractivity contribution in [2.75, 3.05) is 6.61 Å². The van der Waals surface area contributed by atoms with Crippen LogP contribution in [0.1, 0.15) is 37.6 Å². The van der Waals surface area contributed by atoms with E-state index in [9.17, 15) is 9.18 Å². The van der Waals surface area contributed by atoms with Crippen LogP contribution in [0.15, 0.2) is 22.7 Å². The van der Waals surface area contributed by atoms with E-state index in [1.165, 1.54) is 18.2 Å². The predicted molar refractivity (Wildman–Crippen MR) is 76.5 cm³/mol. The van der Waals surface area contributed by atoms with E-state index in [0.29, 0.717) is 10.9 Å². The van der Waals surface area contributed by atoms with Gasteiger partial charge in [0.1, 0.15) is 5.82 Å². The summed E-state index contributed by atoms with van der Waals surface area (Å²) in [7, 11) is 0. The molecule has 1 unspecified atom stereocenters. The summed E-state index contributed by atoms with van der Waals surface area (Å²) in [6, 6.07) is 3.80. The average molecular weight is 332 g/mol. The van der Waals surface area contributed by atoms with Gasteiger partial charge in [-0.2, -0.15) is 0 Å². The highest BCUT2D eigenvalue weighted by molar-refractivity contribution is 9.10. The molecule has 0 saturated heterocycles. The van der Waals surface area contributed by atoms with Crippen LogP contribution in [0.2, 0.25) is 0 Å². The Morgan fingerprint density at radius 3 is 2.63 bits per heavy atom. The first-order chi connectivity index (χ1) is 8.75. The molecule has 1 aromatic carbocycles. The van der Waals surface area contributed by atoms with E-state index in [-0.39, 0.29) is 29.5 Å². The van der Waals surface area contributed by atoms with Crippen LogP contribution in [0.25, 0.3) is 0 Å². The van der Waals surface area contributed by atoms with Crippen molar-refractivity contribution < 1.29 is 14.3 Å². The van der Waals surface area contributed by atoms with Gasteiger partial charge in [-0.1, -0.05) is 20.8 Å². The van der Waals surface area contributed by atoms with Crippen LogP contribution in [0.5, 0.6) is 0 Å². The molecule has 3 nitrogen and oxygen atoms in total. The van der Waals surface area contributed by atoms with Gasteiger partial charge in [0, 0.05) is 17.1 Å². The first-order valence-electron chi connectivity index (χ1n) is 6.12. The Labute approximate surface area is 121 Å². The molecular formula is C14H19BrFNO2. The van der Waals surface area contributed by atoms with E-state index >= 15 is 0 Å². The van der Waals surface area contributed by atoms with Gasteiger partial charge in [0.25, 0.3) is 5.91 Å². The van der Waals surface area contributed by atoms with Crippen molar-refractivity contribution in [3.63, 3.8) is 0 Å². The maximum atomic E-state index is 13.2. The molecule has 2 N–H and O–H groups in total. The number of amides is 1. The molecule has 0 bridgehead atoms. The highest BCUT2D eigenvalue weighted by atomic mass is 79.9. The summed E-state index contributed by atoms with van der Waals surface area (Å²) in [5.74, 6) is -0.803. The van der Waals surface area contributed by atoms with Crippen LogP contribution in [-0.2, 0) is 0 Å². The van der Waals surface area contributed by atoms with Crippen LogP contribution in [0.4, 0.5) is 4.39 Å². The fourth-order valence-electron chi connectivity index (χ4n) is 1.76. The van der Waals surface area contributed by atoms with Crippen molar-refractivity contribution in [1.29, 1.82) is 0 Å². The van der Waals surface area contributed by atoms with Crippen molar-refractivity contribution in [2.45, 2.75) is 33.2 Å². The molecule has 0 aromatic heterocycles. The number of nitrogens with one attached hydrogen (secondary N) is 1. The zero-order valence-electron chi connectivity index (χ0n) is 11.3. The van der Waals surface area contributed by atoms with Crippen molar-refractivity contribution >= 4 is 21.8 Å². The normalized spacial score (nSPS) is 13.2. The summed E-state index contributed by atoms with van der Waals surface area (Å²) < 4.78 is 13.7. The van der Waals surface area contributed by atoms with E-state index in [2.05, 4.69) is 21.2 Å². The summed E-state index contributed by atoms with van der Waals surface area (Å²) in [5.41, 5.74) is 0.0743. The number of aliphatic hydroxyl groups excluding tert-OH is 1. The van der Waals surface area contributed by atoms with Crippen LogP contribution < -0.4 is 5.32 Å². The van der Waals surface area contributed by atoms with E-state index in [4.69, 9.17) is 5.11 Å². The third kappa shape index (κ3) is 4.58. The number of hydrogen-bond acceptors (Lipinski definition) is 2. The number of benzene rings is 1. The molecule has 19 heavy (non-hydrogen) atoms. The molecule has 0 saturated carbocycles. The average Bonchev–Trinajstić information content (AvgIpc) is 2.30. The number of rotatable bonds is 4. The number of hydrogen-bond donors (Lipinski definition) is 2.